The van der Waals surface area contributed by atoms with Crippen LogP contribution in [0.25, 0.3) is 6.08 Å². The summed E-state index contributed by atoms with van der Waals surface area (Å²) in [6.45, 7) is 1.34. The van der Waals surface area contributed by atoms with Crippen molar-refractivity contribution in [2.75, 3.05) is 0 Å². The molecule has 65 valence electrons. The van der Waals surface area contributed by atoms with Crippen molar-refractivity contribution in [3.8, 4) is 5.75 Å². The third-order valence-corrected chi connectivity index (χ3v) is 1.76. The van der Waals surface area contributed by atoms with Crippen molar-refractivity contribution in [3.63, 3.8) is 0 Å². The zero-order valence-electron chi connectivity index (χ0n) is 6.77. The molecule has 1 aliphatic heterocycles. The number of carbonyl (C=O) groups excluding carboxylic acids is 1. The standard InChI is InChI=1S/C10H7O3/c11-7-12-10-6-5-8-3-1-2-4-9(8)13-10/h1-6,10H. The lowest BCUT2D eigenvalue weighted by Gasteiger charge is -2.18. The van der Waals surface area contributed by atoms with Gasteiger partial charge in [-0.1, -0.05) is 18.2 Å². The number of benzene rings is 1. The second kappa shape index (κ2) is 3.31. The summed E-state index contributed by atoms with van der Waals surface area (Å²) in [6.07, 6.45) is 2.86. The highest BCUT2D eigenvalue weighted by atomic mass is 16.7. The molecular weight excluding hydrogens is 168 g/mol. The third kappa shape index (κ3) is 1.54. The van der Waals surface area contributed by atoms with Gasteiger partial charge in [0, 0.05) is 5.56 Å². The van der Waals surface area contributed by atoms with Crippen LogP contribution in [0.5, 0.6) is 5.75 Å². The first kappa shape index (κ1) is 7.86. The maximum Gasteiger partial charge on any atom is 0.420 e. The number of hydrogen-bond donors (Lipinski definition) is 0. The highest BCUT2D eigenvalue weighted by Gasteiger charge is 2.13. The molecule has 1 aromatic carbocycles. The molecule has 3 heteroatoms. The first-order valence-corrected chi connectivity index (χ1v) is 3.87. The van der Waals surface area contributed by atoms with E-state index in [9.17, 15) is 4.79 Å². The molecule has 3 nitrogen and oxygen atoms in total. The van der Waals surface area contributed by atoms with Crippen molar-refractivity contribution in [2.45, 2.75) is 6.29 Å². The Morgan fingerprint density at radius 1 is 1.38 bits per heavy atom. The first-order valence-electron chi connectivity index (χ1n) is 3.87. The van der Waals surface area contributed by atoms with Crippen LogP contribution in [0.1, 0.15) is 5.56 Å². The topological polar surface area (TPSA) is 35.5 Å². The lowest BCUT2D eigenvalue weighted by Crippen LogP contribution is -2.19. The Morgan fingerprint density at radius 3 is 3.08 bits per heavy atom. The fourth-order valence-electron chi connectivity index (χ4n) is 1.18. The van der Waals surface area contributed by atoms with Crippen LogP contribution >= 0.6 is 0 Å². The molecule has 0 fully saturated rings. The van der Waals surface area contributed by atoms with E-state index >= 15 is 0 Å². The summed E-state index contributed by atoms with van der Waals surface area (Å²) in [5.74, 6) is 0.713. The largest absolute Gasteiger partial charge is 0.450 e. The van der Waals surface area contributed by atoms with Gasteiger partial charge in [0.1, 0.15) is 5.75 Å². The molecule has 0 spiro atoms. The number of hydrogen-bond acceptors (Lipinski definition) is 3. The quantitative estimate of drug-likeness (QED) is 0.683. The molecule has 0 saturated heterocycles. The SMILES string of the molecule is O=[C]OC1C=Cc2ccccc2O1. The number of ether oxygens (including phenoxy) is 2. The van der Waals surface area contributed by atoms with Crippen LogP contribution in [0.4, 0.5) is 0 Å². The van der Waals surface area contributed by atoms with E-state index < -0.39 is 6.29 Å². The van der Waals surface area contributed by atoms with E-state index in [1.807, 2.05) is 30.3 Å². The van der Waals surface area contributed by atoms with Gasteiger partial charge in [-0.3, -0.25) is 0 Å². The van der Waals surface area contributed by atoms with Gasteiger partial charge < -0.3 is 9.47 Å². The molecule has 1 heterocycles. The molecule has 2 rings (SSSR count). The van der Waals surface area contributed by atoms with Gasteiger partial charge in [-0.2, -0.15) is 0 Å². The predicted octanol–water partition coefficient (Wildman–Crippen LogP) is 1.50. The Hall–Kier alpha value is -1.77. The fourth-order valence-corrected chi connectivity index (χ4v) is 1.18. The van der Waals surface area contributed by atoms with Gasteiger partial charge in [0.2, 0.25) is 0 Å². The summed E-state index contributed by atoms with van der Waals surface area (Å²) in [5, 5.41) is 0. The van der Waals surface area contributed by atoms with E-state index in [0.29, 0.717) is 5.75 Å². The molecule has 0 aromatic heterocycles. The van der Waals surface area contributed by atoms with E-state index in [0.717, 1.165) is 5.56 Å². The molecule has 1 aromatic rings. The van der Waals surface area contributed by atoms with Crippen LogP contribution in [-0.4, -0.2) is 12.8 Å². The van der Waals surface area contributed by atoms with Crippen LogP contribution in [0, 0.1) is 0 Å². The van der Waals surface area contributed by atoms with E-state index in [-0.39, 0.29) is 0 Å². The Balaban J connectivity index is 2.23. The molecule has 0 amide bonds. The summed E-state index contributed by atoms with van der Waals surface area (Å²) >= 11 is 0. The van der Waals surface area contributed by atoms with Crippen molar-refractivity contribution < 1.29 is 14.3 Å². The molecule has 0 bridgehead atoms. The minimum absolute atomic E-state index is 0.646. The van der Waals surface area contributed by atoms with Crippen molar-refractivity contribution in [1.29, 1.82) is 0 Å². The van der Waals surface area contributed by atoms with Gasteiger partial charge >= 0.3 is 6.47 Å². The maximum absolute atomic E-state index is 9.92. The van der Waals surface area contributed by atoms with Crippen LogP contribution in [0.3, 0.4) is 0 Å². The normalized spacial score (nSPS) is 18.6. The molecular formula is C10H7O3. The van der Waals surface area contributed by atoms with Gasteiger partial charge in [-0.15, -0.1) is 0 Å². The molecule has 1 unspecified atom stereocenters. The molecule has 1 radical (unpaired) electrons. The Morgan fingerprint density at radius 2 is 2.23 bits per heavy atom. The van der Waals surface area contributed by atoms with Crippen LogP contribution < -0.4 is 4.74 Å². The molecule has 1 atom stereocenters. The van der Waals surface area contributed by atoms with Crippen LogP contribution in [0.2, 0.25) is 0 Å². The van der Waals surface area contributed by atoms with Crippen molar-refractivity contribution in [2.24, 2.45) is 0 Å². The lowest BCUT2D eigenvalue weighted by atomic mass is 10.1. The van der Waals surface area contributed by atoms with Crippen molar-refractivity contribution >= 4 is 12.5 Å². The maximum atomic E-state index is 9.92. The predicted molar refractivity (Wildman–Crippen MR) is 46.7 cm³/mol. The summed E-state index contributed by atoms with van der Waals surface area (Å²) < 4.78 is 9.83. The lowest BCUT2D eigenvalue weighted by molar-refractivity contribution is 0.0321. The van der Waals surface area contributed by atoms with E-state index in [4.69, 9.17) is 4.74 Å². The number of rotatable bonds is 2. The zero-order valence-corrected chi connectivity index (χ0v) is 6.77. The van der Waals surface area contributed by atoms with Gasteiger partial charge in [0.25, 0.3) is 6.29 Å². The highest BCUT2D eigenvalue weighted by molar-refractivity contribution is 5.59. The average molecular weight is 175 g/mol. The highest BCUT2D eigenvalue weighted by Crippen LogP contribution is 2.25. The Labute approximate surface area is 75.6 Å². The van der Waals surface area contributed by atoms with E-state index in [2.05, 4.69) is 4.74 Å². The van der Waals surface area contributed by atoms with Crippen molar-refractivity contribution in [3.05, 3.63) is 35.9 Å². The van der Waals surface area contributed by atoms with Crippen molar-refractivity contribution in [1.82, 2.24) is 0 Å². The minimum Gasteiger partial charge on any atom is -0.450 e. The third-order valence-electron chi connectivity index (χ3n) is 1.76. The first-order chi connectivity index (χ1) is 6.40. The molecule has 0 aliphatic carbocycles. The minimum atomic E-state index is -0.646. The molecule has 13 heavy (non-hydrogen) atoms. The average Bonchev–Trinajstić information content (AvgIpc) is 2.18. The smallest absolute Gasteiger partial charge is 0.420 e. The van der Waals surface area contributed by atoms with Gasteiger partial charge in [0.05, 0.1) is 0 Å². The van der Waals surface area contributed by atoms with E-state index in [1.54, 1.807) is 6.08 Å². The monoisotopic (exact) mass is 175 g/mol. The van der Waals surface area contributed by atoms with Gasteiger partial charge in [0.15, 0.2) is 0 Å². The fraction of sp³-hybridized carbons (Fsp3) is 0.100. The second-order valence-corrected chi connectivity index (χ2v) is 2.58. The van der Waals surface area contributed by atoms with Crippen LogP contribution in [-0.2, 0) is 9.53 Å². The molecule has 1 aliphatic rings. The second-order valence-electron chi connectivity index (χ2n) is 2.58. The number of fused-ring (bicyclic) bond motifs is 1. The number of para-hydroxylation sites is 1. The van der Waals surface area contributed by atoms with Crippen LogP contribution in [0.15, 0.2) is 30.3 Å². The molecule has 0 N–H and O–H groups in total. The summed E-state index contributed by atoms with van der Waals surface area (Å²) in [5.41, 5.74) is 0.980. The Kier molecular flexibility index (Phi) is 2.00. The summed E-state index contributed by atoms with van der Waals surface area (Å²) in [4.78, 5) is 9.92. The van der Waals surface area contributed by atoms with Gasteiger partial charge in [-0.05, 0) is 18.2 Å². The summed E-state index contributed by atoms with van der Waals surface area (Å²) in [6, 6.07) is 7.52. The van der Waals surface area contributed by atoms with Gasteiger partial charge in [-0.25, -0.2) is 4.79 Å². The zero-order chi connectivity index (χ0) is 9.10. The molecule has 0 saturated carbocycles. The van der Waals surface area contributed by atoms with E-state index in [1.165, 1.54) is 6.47 Å². The summed E-state index contributed by atoms with van der Waals surface area (Å²) in [7, 11) is 0. The Bertz CT molecular complexity index is 344.